The molecule has 0 radical (unpaired) electrons. The third kappa shape index (κ3) is 4.98. The first kappa shape index (κ1) is 22.0. The summed E-state index contributed by atoms with van der Waals surface area (Å²) in [5.41, 5.74) is 5.66. The Morgan fingerprint density at radius 3 is 2.60 bits per heavy atom. The minimum absolute atomic E-state index is 0. The molecule has 0 saturated carbocycles. The van der Waals surface area contributed by atoms with Gasteiger partial charge in [-0.1, -0.05) is 0 Å². The third-order valence-electron chi connectivity index (χ3n) is 3.95. The van der Waals surface area contributed by atoms with Crippen molar-refractivity contribution in [1.82, 2.24) is 4.31 Å². The maximum absolute atomic E-state index is 13.8. The summed E-state index contributed by atoms with van der Waals surface area (Å²) in [5, 5.41) is 0. The molecule has 1 aliphatic rings. The molecule has 1 aromatic rings. The van der Waals surface area contributed by atoms with Crippen LogP contribution in [0.5, 0.6) is 5.75 Å². The summed E-state index contributed by atoms with van der Waals surface area (Å²) in [7, 11) is -2.47. The second-order valence-corrected chi connectivity index (χ2v) is 7.25. The molecular formula is C14H20ClF3N2O4S. The van der Waals surface area contributed by atoms with Gasteiger partial charge in [0.05, 0.1) is 11.0 Å². The van der Waals surface area contributed by atoms with Gasteiger partial charge in [0, 0.05) is 26.2 Å². The average molecular weight is 405 g/mol. The Hall–Kier alpha value is -1.07. The number of rotatable bonds is 6. The van der Waals surface area contributed by atoms with Gasteiger partial charge in [-0.15, -0.1) is 12.4 Å². The summed E-state index contributed by atoms with van der Waals surface area (Å²) in [6.45, 7) is -2.93. The second-order valence-electron chi connectivity index (χ2n) is 5.36. The maximum Gasteiger partial charge on any atom is 0.387 e. The van der Waals surface area contributed by atoms with Crippen molar-refractivity contribution >= 4 is 22.4 Å². The number of alkyl halides is 2. The van der Waals surface area contributed by atoms with E-state index in [-0.39, 0.29) is 36.5 Å². The van der Waals surface area contributed by atoms with E-state index in [1.54, 1.807) is 7.11 Å². The van der Waals surface area contributed by atoms with Gasteiger partial charge in [0.25, 0.3) is 0 Å². The smallest absolute Gasteiger partial charge is 0.387 e. The van der Waals surface area contributed by atoms with Crippen molar-refractivity contribution < 1.29 is 31.1 Å². The summed E-state index contributed by atoms with van der Waals surface area (Å²) in [6, 6.07) is 2.09. The molecule has 2 rings (SSSR count). The average Bonchev–Trinajstić information content (AvgIpc) is 2.55. The number of sulfonamides is 1. The molecule has 1 saturated heterocycles. The van der Waals surface area contributed by atoms with Crippen LogP contribution in [0.4, 0.5) is 13.2 Å². The van der Waals surface area contributed by atoms with Gasteiger partial charge in [-0.3, -0.25) is 0 Å². The zero-order valence-corrected chi connectivity index (χ0v) is 15.0. The second kappa shape index (κ2) is 9.04. The van der Waals surface area contributed by atoms with Crippen molar-refractivity contribution in [1.29, 1.82) is 0 Å². The fourth-order valence-corrected chi connectivity index (χ4v) is 4.38. The highest BCUT2D eigenvalue weighted by Crippen LogP contribution is 2.29. The van der Waals surface area contributed by atoms with Crippen LogP contribution in [0, 0.1) is 5.82 Å². The fraction of sp³-hybridized carbons (Fsp3) is 0.571. The number of ether oxygens (including phenoxy) is 2. The van der Waals surface area contributed by atoms with Crippen molar-refractivity contribution in [2.45, 2.75) is 36.5 Å². The summed E-state index contributed by atoms with van der Waals surface area (Å²) in [4.78, 5) is -0.337. The van der Waals surface area contributed by atoms with Crippen LogP contribution < -0.4 is 10.5 Å². The van der Waals surface area contributed by atoms with E-state index in [1.165, 1.54) is 4.31 Å². The van der Waals surface area contributed by atoms with Crippen molar-refractivity contribution in [2.75, 3.05) is 20.2 Å². The van der Waals surface area contributed by atoms with E-state index in [2.05, 4.69) is 4.74 Å². The van der Waals surface area contributed by atoms with Crippen LogP contribution in [0.3, 0.4) is 0 Å². The largest absolute Gasteiger partial charge is 0.432 e. The summed E-state index contributed by atoms with van der Waals surface area (Å²) in [5.74, 6) is -1.88. The monoisotopic (exact) mass is 404 g/mol. The number of nitrogens with zero attached hydrogens (tertiary/aromatic N) is 1. The molecule has 0 spiro atoms. The van der Waals surface area contributed by atoms with Crippen molar-refractivity contribution in [3.63, 3.8) is 0 Å². The Morgan fingerprint density at radius 1 is 1.40 bits per heavy atom. The molecule has 0 amide bonds. The van der Waals surface area contributed by atoms with Crippen molar-refractivity contribution in [2.24, 2.45) is 5.73 Å². The number of hydrogen-bond donors (Lipinski definition) is 1. The van der Waals surface area contributed by atoms with E-state index < -0.39 is 34.2 Å². The normalized spacial score (nSPS) is 21.8. The molecule has 1 heterocycles. The van der Waals surface area contributed by atoms with E-state index in [0.717, 1.165) is 12.1 Å². The molecule has 0 aliphatic carbocycles. The zero-order chi connectivity index (χ0) is 17.9. The number of benzene rings is 1. The molecule has 0 aromatic heterocycles. The van der Waals surface area contributed by atoms with Gasteiger partial charge in [-0.2, -0.15) is 13.1 Å². The van der Waals surface area contributed by atoms with E-state index >= 15 is 0 Å². The molecule has 1 aliphatic heterocycles. The molecule has 0 bridgehead atoms. The number of hydrogen-bond acceptors (Lipinski definition) is 5. The van der Waals surface area contributed by atoms with Crippen molar-refractivity contribution in [3.05, 3.63) is 24.0 Å². The Morgan fingerprint density at radius 2 is 2.08 bits per heavy atom. The van der Waals surface area contributed by atoms with E-state index in [4.69, 9.17) is 10.5 Å². The van der Waals surface area contributed by atoms with Crippen LogP contribution in [0.15, 0.2) is 23.1 Å². The third-order valence-corrected chi connectivity index (χ3v) is 5.89. The lowest BCUT2D eigenvalue weighted by molar-refractivity contribution is -0.0522. The van der Waals surface area contributed by atoms with Gasteiger partial charge in [0.2, 0.25) is 10.0 Å². The SMILES string of the molecule is COC1CCN(S(=O)(=O)c2ccc(OC(F)F)c(F)c2)C(CN)C1.Cl. The minimum Gasteiger partial charge on any atom is -0.432 e. The van der Waals surface area contributed by atoms with Gasteiger partial charge in [0.15, 0.2) is 11.6 Å². The number of halogens is 4. The molecule has 1 aromatic carbocycles. The van der Waals surface area contributed by atoms with Crippen LogP contribution in [0.1, 0.15) is 12.8 Å². The predicted octanol–water partition coefficient (Wildman–Crippen LogP) is 1.98. The molecule has 1 fully saturated rings. The van der Waals surface area contributed by atoms with E-state index in [9.17, 15) is 21.6 Å². The highest BCUT2D eigenvalue weighted by Gasteiger charge is 2.36. The number of methoxy groups -OCH3 is 1. The predicted molar refractivity (Wildman–Crippen MR) is 87.0 cm³/mol. The zero-order valence-electron chi connectivity index (χ0n) is 13.4. The minimum atomic E-state index is -4.01. The molecule has 6 nitrogen and oxygen atoms in total. The van der Waals surface area contributed by atoms with Gasteiger partial charge >= 0.3 is 6.61 Å². The van der Waals surface area contributed by atoms with Gasteiger partial charge in [0.1, 0.15) is 0 Å². The van der Waals surface area contributed by atoms with Gasteiger partial charge in [-0.05, 0) is 31.0 Å². The number of piperidine rings is 1. The highest BCUT2D eigenvalue weighted by molar-refractivity contribution is 7.89. The van der Waals surface area contributed by atoms with Gasteiger partial charge in [-0.25, -0.2) is 12.8 Å². The van der Waals surface area contributed by atoms with Crippen LogP contribution in [0.2, 0.25) is 0 Å². The molecule has 25 heavy (non-hydrogen) atoms. The Labute approximate surface area is 150 Å². The highest BCUT2D eigenvalue weighted by atomic mass is 35.5. The van der Waals surface area contributed by atoms with Crippen LogP contribution in [-0.2, 0) is 14.8 Å². The standard InChI is InChI=1S/C14H19F3N2O4S.ClH/c1-22-10-4-5-19(9(6-10)8-18)24(20,21)11-2-3-13(12(15)7-11)23-14(16)17;/h2-3,7,9-10,14H,4-6,8,18H2,1H3;1H. The van der Waals surface area contributed by atoms with Crippen LogP contribution >= 0.6 is 12.4 Å². The Balaban J connectivity index is 0.00000312. The molecule has 2 unspecified atom stereocenters. The molecule has 11 heteroatoms. The summed E-state index contributed by atoms with van der Waals surface area (Å²) < 4.78 is 74.0. The van der Waals surface area contributed by atoms with Crippen LogP contribution in [0.25, 0.3) is 0 Å². The maximum atomic E-state index is 13.8. The number of nitrogens with two attached hydrogens (primary N) is 1. The first-order valence-corrected chi connectivity index (χ1v) is 8.72. The first-order valence-electron chi connectivity index (χ1n) is 7.28. The van der Waals surface area contributed by atoms with E-state index in [1.807, 2.05) is 0 Å². The summed E-state index contributed by atoms with van der Waals surface area (Å²) >= 11 is 0. The molecule has 2 N–H and O–H groups in total. The Kier molecular flexibility index (Phi) is 7.94. The van der Waals surface area contributed by atoms with E-state index in [0.29, 0.717) is 18.9 Å². The molecule has 144 valence electrons. The topological polar surface area (TPSA) is 81.9 Å². The molecule has 2 atom stereocenters. The molecular weight excluding hydrogens is 385 g/mol. The fourth-order valence-electron chi connectivity index (χ4n) is 2.71. The summed E-state index contributed by atoms with van der Waals surface area (Å²) in [6.07, 6.45) is 0.825. The van der Waals surface area contributed by atoms with Crippen LogP contribution in [-0.4, -0.2) is 51.7 Å². The lowest BCUT2D eigenvalue weighted by Gasteiger charge is -2.37. The lowest BCUT2D eigenvalue weighted by Crippen LogP contribution is -2.51. The first-order chi connectivity index (χ1) is 11.3. The van der Waals surface area contributed by atoms with Gasteiger partial charge < -0.3 is 15.2 Å². The lowest BCUT2D eigenvalue weighted by atomic mass is 10.0. The van der Waals surface area contributed by atoms with Crippen molar-refractivity contribution in [3.8, 4) is 5.75 Å². The quantitative estimate of drug-likeness (QED) is 0.784. The Bertz CT molecular complexity index is 678.